The van der Waals surface area contributed by atoms with E-state index in [0.717, 1.165) is 5.57 Å². The number of ether oxygens (including phenoxy) is 1. The molecule has 1 atom stereocenters. The molecular weight excluding hydrogens is 188 g/mol. The van der Waals surface area contributed by atoms with Crippen LogP contribution in [-0.4, -0.2) is 12.1 Å². The largest absolute Gasteiger partial charge is 0.457 e. The first-order valence-corrected chi connectivity index (χ1v) is 4.95. The number of esters is 1. The highest BCUT2D eigenvalue weighted by Gasteiger charge is 2.06. The smallest absolute Gasteiger partial charge is 0.303 e. The summed E-state index contributed by atoms with van der Waals surface area (Å²) in [5, 5.41) is 0. The first kappa shape index (κ1) is 13.5. The molecule has 0 aromatic carbocycles. The Morgan fingerprint density at radius 3 is 2.53 bits per heavy atom. The molecule has 2 heteroatoms. The van der Waals surface area contributed by atoms with E-state index in [1.807, 2.05) is 19.9 Å². The summed E-state index contributed by atoms with van der Waals surface area (Å²) < 4.78 is 5.10. The Morgan fingerprint density at radius 2 is 2.07 bits per heavy atom. The van der Waals surface area contributed by atoms with E-state index >= 15 is 0 Å². The van der Waals surface area contributed by atoms with Crippen molar-refractivity contribution in [2.75, 3.05) is 0 Å². The lowest BCUT2D eigenvalue weighted by molar-refractivity contribution is -0.143. The van der Waals surface area contributed by atoms with Crippen LogP contribution in [0.3, 0.4) is 0 Å². The van der Waals surface area contributed by atoms with Crippen LogP contribution < -0.4 is 0 Å². The number of allylic oxidation sites excluding steroid dienone is 2. The van der Waals surface area contributed by atoms with Crippen molar-refractivity contribution in [3.05, 3.63) is 24.3 Å². The van der Waals surface area contributed by atoms with Gasteiger partial charge in [-0.2, -0.15) is 0 Å². The molecule has 0 aromatic heterocycles. The van der Waals surface area contributed by atoms with Crippen LogP contribution in [0.2, 0.25) is 0 Å². The van der Waals surface area contributed by atoms with Crippen LogP contribution in [0.15, 0.2) is 24.3 Å². The predicted octanol–water partition coefficient (Wildman–Crippen LogP) is 2.85. The van der Waals surface area contributed by atoms with Gasteiger partial charge in [-0.05, 0) is 19.9 Å². The molecule has 0 bridgehead atoms. The molecule has 0 radical (unpaired) electrons. The minimum Gasteiger partial charge on any atom is -0.457 e. The molecule has 0 saturated heterocycles. The summed E-state index contributed by atoms with van der Waals surface area (Å²) in [6.07, 6.45) is 4.63. The molecule has 0 amide bonds. The van der Waals surface area contributed by atoms with Crippen molar-refractivity contribution in [3.63, 3.8) is 0 Å². The fourth-order valence-electron chi connectivity index (χ4n) is 1.04. The van der Waals surface area contributed by atoms with Crippen molar-refractivity contribution in [1.29, 1.82) is 0 Å². The van der Waals surface area contributed by atoms with Crippen molar-refractivity contribution in [2.24, 2.45) is 0 Å². The fourth-order valence-corrected chi connectivity index (χ4v) is 1.04. The molecule has 82 valence electrons. The maximum atomic E-state index is 10.8. The van der Waals surface area contributed by atoms with Crippen molar-refractivity contribution in [3.8, 4) is 11.8 Å². The minimum absolute atomic E-state index is 0.232. The summed E-state index contributed by atoms with van der Waals surface area (Å²) in [6.45, 7) is 8.91. The Hall–Kier alpha value is -1.49. The van der Waals surface area contributed by atoms with Crippen LogP contribution in [0.5, 0.6) is 0 Å². The van der Waals surface area contributed by atoms with Gasteiger partial charge in [0.1, 0.15) is 6.10 Å². The van der Waals surface area contributed by atoms with Gasteiger partial charge in [0.25, 0.3) is 0 Å². The van der Waals surface area contributed by atoms with Gasteiger partial charge in [-0.1, -0.05) is 23.5 Å². The lowest BCUT2D eigenvalue weighted by Crippen LogP contribution is -2.13. The number of hydrogen-bond acceptors (Lipinski definition) is 2. The molecule has 0 aliphatic carbocycles. The maximum Gasteiger partial charge on any atom is 0.303 e. The number of rotatable bonds is 4. The lowest BCUT2D eigenvalue weighted by Gasteiger charge is -2.10. The topological polar surface area (TPSA) is 26.3 Å². The summed E-state index contributed by atoms with van der Waals surface area (Å²) in [5.41, 5.74) is 1.12. The zero-order valence-electron chi connectivity index (χ0n) is 9.67. The van der Waals surface area contributed by atoms with Gasteiger partial charge < -0.3 is 4.74 Å². The molecule has 15 heavy (non-hydrogen) atoms. The maximum absolute atomic E-state index is 10.8. The van der Waals surface area contributed by atoms with E-state index in [2.05, 4.69) is 18.4 Å². The molecule has 0 spiro atoms. The van der Waals surface area contributed by atoms with Gasteiger partial charge in [-0.3, -0.25) is 4.79 Å². The van der Waals surface area contributed by atoms with Gasteiger partial charge in [0, 0.05) is 19.8 Å². The third-order valence-electron chi connectivity index (χ3n) is 1.51. The van der Waals surface area contributed by atoms with Gasteiger partial charge in [-0.15, -0.1) is 6.58 Å². The highest BCUT2D eigenvalue weighted by atomic mass is 16.5. The van der Waals surface area contributed by atoms with E-state index in [1.54, 1.807) is 6.08 Å². The monoisotopic (exact) mass is 206 g/mol. The molecule has 0 aromatic rings. The summed E-state index contributed by atoms with van der Waals surface area (Å²) >= 11 is 0. The van der Waals surface area contributed by atoms with Gasteiger partial charge in [0.15, 0.2) is 0 Å². The first-order valence-electron chi connectivity index (χ1n) is 4.95. The van der Waals surface area contributed by atoms with E-state index in [1.165, 1.54) is 6.92 Å². The minimum atomic E-state index is -0.275. The van der Waals surface area contributed by atoms with Crippen LogP contribution in [0.1, 0.15) is 33.6 Å². The van der Waals surface area contributed by atoms with E-state index in [-0.39, 0.29) is 12.1 Å². The van der Waals surface area contributed by atoms with Crippen LogP contribution in [0.25, 0.3) is 0 Å². The van der Waals surface area contributed by atoms with Crippen molar-refractivity contribution < 1.29 is 9.53 Å². The third kappa shape index (κ3) is 8.83. The molecule has 0 saturated carbocycles. The van der Waals surface area contributed by atoms with Crippen molar-refractivity contribution >= 4 is 5.97 Å². The van der Waals surface area contributed by atoms with Gasteiger partial charge in [0.05, 0.1) is 0 Å². The van der Waals surface area contributed by atoms with Crippen LogP contribution in [0, 0.1) is 11.8 Å². The van der Waals surface area contributed by atoms with E-state index in [4.69, 9.17) is 4.74 Å². The molecule has 0 aliphatic rings. The van der Waals surface area contributed by atoms with Gasteiger partial charge in [-0.25, -0.2) is 0 Å². The molecule has 0 rings (SSSR count). The van der Waals surface area contributed by atoms with Gasteiger partial charge in [0.2, 0.25) is 0 Å². The Bertz CT molecular complexity index is 298. The van der Waals surface area contributed by atoms with E-state index in [0.29, 0.717) is 12.8 Å². The Morgan fingerprint density at radius 1 is 1.40 bits per heavy atom. The summed E-state index contributed by atoms with van der Waals surface area (Å²) in [4.78, 5) is 10.8. The molecule has 1 unspecified atom stereocenters. The fraction of sp³-hybridized carbons (Fsp3) is 0.462. The van der Waals surface area contributed by atoms with Crippen molar-refractivity contribution in [1.82, 2.24) is 0 Å². The zero-order valence-corrected chi connectivity index (χ0v) is 9.67. The number of hydrogen-bond donors (Lipinski definition) is 0. The van der Waals surface area contributed by atoms with Crippen LogP contribution in [0.4, 0.5) is 0 Å². The van der Waals surface area contributed by atoms with E-state index < -0.39 is 0 Å². The average Bonchev–Trinajstić information content (AvgIpc) is 2.10. The zero-order chi connectivity index (χ0) is 11.7. The Balaban J connectivity index is 4.26. The second kappa shape index (κ2) is 7.87. The quantitative estimate of drug-likeness (QED) is 0.401. The third-order valence-corrected chi connectivity index (χ3v) is 1.51. The van der Waals surface area contributed by atoms with Crippen molar-refractivity contribution in [2.45, 2.75) is 39.7 Å². The molecule has 0 heterocycles. The Kier molecular flexibility index (Phi) is 7.09. The second-order valence-corrected chi connectivity index (χ2v) is 3.44. The Labute approximate surface area is 92.0 Å². The standard InChI is InChI=1S/C13H18O2/c1-5-6-7-8-9-13(10-11(2)3)15-12(4)14/h5,10,13H,1,6,9H2,2-4H3. The summed E-state index contributed by atoms with van der Waals surface area (Å²) in [6, 6.07) is 0. The van der Waals surface area contributed by atoms with Crippen LogP contribution >= 0.6 is 0 Å². The lowest BCUT2D eigenvalue weighted by atomic mass is 10.2. The summed E-state index contributed by atoms with van der Waals surface area (Å²) in [5.74, 6) is 5.60. The number of carbonyl (C=O) groups is 1. The van der Waals surface area contributed by atoms with E-state index in [9.17, 15) is 4.79 Å². The first-order chi connectivity index (χ1) is 7.06. The number of carbonyl (C=O) groups excluding carboxylic acids is 1. The highest BCUT2D eigenvalue weighted by Crippen LogP contribution is 2.04. The highest BCUT2D eigenvalue weighted by molar-refractivity contribution is 5.66. The average molecular weight is 206 g/mol. The molecule has 0 aliphatic heterocycles. The summed E-state index contributed by atoms with van der Waals surface area (Å²) in [7, 11) is 0. The molecule has 0 fully saturated rings. The molecule has 2 nitrogen and oxygen atoms in total. The predicted molar refractivity (Wildman–Crippen MR) is 62.2 cm³/mol. The normalized spacial score (nSPS) is 10.6. The SMILES string of the molecule is C=CCC#CCC(C=C(C)C)OC(C)=O. The van der Waals surface area contributed by atoms with Crippen LogP contribution in [-0.2, 0) is 9.53 Å². The second-order valence-electron chi connectivity index (χ2n) is 3.44. The molecular formula is C13H18O2. The molecule has 0 N–H and O–H groups in total. The van der Waals surface area contributed by atoms with Gasteiger partial charge >= 0.3 is 5.97 Å².